The summed E-state index contributed by atoms with van der Waals surface area (Å²) in [5.74, 6) is -0.257. The van der Waals surface area contributed by atoms with Crippen molar-refractivity contribution in [3.8, 4) is 0 Å². The van der Waals surface area contributed by atoms with Gasteiger partial charge in [-0.1, -0.05) is 31.1 Å². The monoisotopic (exact) mass is 407 g/mol. The van der Waals surface area contributed by atoms with E-state index in [1.807, 2.05) is 6.08 Å². The molecule has 2 aliphatic rings. The van der Waals surface area contributed by atoms with Crippen LogP contribution >= 0.6 is 7.94 Å². The Balaban J connectivity index is 2.00. The molecule has 1 aromatic carbocycles. The molecule has 28 heavy (non-hydrogen) atoms. The maximum atomic E-state index is 14.7. The van der Waals surface area contributed by atoms with Crippen LogP contribution in [0.5, 0.6) is 0 Å². The number of fused-ring (bicyclic) bond motifs is 1. The highest BCUT2D eigenvalue weighted by molar-refractivity contribution is 7.62. The molecule has 1 aliphatic heterocycles. The Morgan fingerprint density at radius 1 is 1.11 bits per heavy atom. The number of hydrogen-bond acceptors (Lipinski definition) is 4. The smallest absolute Gasteiger partial charge is 0.184 e. The maximum absolute atomic E-state index is 14.7. The first-order valence-electron chi connectivity index (χ1n) is 10.6. The Hall–Kier alpha value is -0.840. The molecule has 156 valence electrons. The fourth-order valence-corrected chi connectivity index (χ4v) is 8.84. The second kappa shape index (κ2) is 8.89. The summed E-state index contributed by atoms with van der Waals surface area (Å²) in [6, 6.07) is 7.37. The first-order valence-corrected chi connectivity index (χ1v) is 12.2. The lowest BCUT2D eigenvalue weighted by Crippen LogP contribution is -2.48. The zero-order valence-electron chi connectivity index (χ0n) is 17.6. The predicted octanol–water partition coefficient (Wildman–Crippen LogP) is 4.82. The van der Waals surface area contributed by atoms with Crippen LogP contribution in [0.4, 0.5) is 4.39 Å². The normalized spacial score (nSPS) is 26.6. The molecular weight excluding hydrogens is 372 g/mol. The van der Waals surface area contributed by atoms with E-state index in [1.165, 1.54) is 25.0 Å². The van der Waals surface area contributed by atoms with Crippen molar-refractivity contribution >= 4 is 7.94 Å². The summed E-state index contributed by atoms with van der Waals surface area (Å²) in [5, 5.41) is 3.56. The lowest BCUT2D eigenvalue weighted by atomic mass is 9.89. The second-order valence-corrected chi connectivity index (χ2v) is 10.9. The SMILES string of the molecule is C=CC[C@@H](N[P+]1([O-])N(C(C)C)[C@@H]2CCCC[C@H]2N1C(C)C)c1ccc(F)cc1. The topological polar surface area (TPSA) is 41.6 Å². The van der Waals surface area contributed by atoms with Gasteiger partial charge in [-0.3, -0.25) is 0 Å². The number of hydrogen-bond donors (Lipinski definition) is 1. The van der Waals surface area contributed by atoms with Crippen LogP contribution in [0.25, 0.3) is 0 Å². The summed E-state index contributed by atoms with van der Waals surface area (Å²) in [6.07, 6.45) is 7.08. The number of halogens is 1. The molecule has 3 atom stereocenters. The minimum absolute atomic E-state index is 0.161. The van der Waals surface area contributed by atoms with E-state index < -0.39 is 7.94 Å². The highest BCUT2D eigenvalue weighted by Crippen LogP contribution is 2.66. The van der Waals surface area contributed by atoms with Crippen LogP contribution in [0.3, 0.4) is 0 Å². The molecule has 0 unspecified atom stereocenters. The van der Waals surface area contributed by atoms with E-state index in [0.29, 0.717) is 18.5 Å². The highest BCUT2D eigenvalue weighted by Gasteiger charge is 2.61. The summed E-state index contributed by atoms with van der Waals surface area (Å²) >= 11 is 0. The van der Waals surface area contributed by atoms with E-state index in [0.717, 1.165) is 18.4 Å². The van der Waals surface area contributed by atoms with Crippen molar-refractivity contribution in [2.75, 3.05) is 0 Å². The van der Waals surface area contributed by atoms with E-state index in [-0.39, 0.29) is 23.9 Å². The quantitative estimate of drug-likeness (QED) is 0.520. The van der Waals surface area contributed by atoms with Gasteiger partial charge in [-0.15, -0.1) is 15.9 Å². The third-order valence-corrected chi connectivity index (χ3v) is 9.47. The summed E-state index contributed by atoms with van der Waals surface area (Å²) in [4.78, 5) is 14.7. The van der Waals surface area contributed by atoms with Crippen molar-refractivity contribution in [2.45, 2.75) is 90.0 Å². The molecular formula is C22H35FN3OP. The van der Waals surface area contributed by atoms with Gasteiger partial charge in [-0.2, -0.15) is 5.09 Å². The summed E-state index contributed by atoms with van der Waals surface area (Å²) in [7, 11) is -3.00. The van der Waals surface area contributed by atoms with Gasteiger partial charge in [-0.25, -0.2) is 4.39 Å². The van der Waals surface area contributed by atoms with Gasteiger partial charge in [-0.05, 0) is 64.7 Å². The Morgan fingerprint density at radius 3 is 2.04 bits per heavy atom. The molecule has 1 N–H and O–H groups in total. The molecule has 0 amide bonds. The Bertz CT molecular complexity index is 642. The minimum atomic E-state index is -3.00. The fourth-order valence-electron chi connectivity index (χ4n) is 5.08. The van der Waals surface area contributed by atoms with Gasteiger partial charge in [0.2, 0.25) is 0 Å². The number of nitrogens with zero attached hydrogens (tertiary/aromatic N) is 2. The van der Waals surface area contributed by atoms with Crippen LogP contribution in [-0.4, -0.2) is 33.5 Å². The largest absolute Gasteiger partial charge is 0.636 e. The minimum Gasteiger partial charge on any atom is -0.636 e. The average Bonchev–Trinajstić information content (AvgIpc) is 2.90. The lowest BCUT2D eigenvalue weighted by Gasteiger charge is -2.45. The van der Waals surface area contributed by atoms with Gasteiger partial charge >= 0.3 is 0 Å². The van der Waals surface area contributed by atoms with Gasteiger partial charge in [0.25, 0.3) is 0 Å². The van der Waals surface area contributed by atoms with Gasteiger partial charge < -0.3 is 4.89 Å². The first-order chi connectivity index (χ1) is 13.3. The third kappa shape index (κ3) is 4.06. The van der Waals surface area contributed by atoms with Crippen LogP contribution in [0, 0.1) is 5.82 Å². The van der Waals surface area contributed by atoms with Crippen molar-refractivity contribution in [2.24, 2.45) is 0 Å². The Kier molecular flexibility index (Phi) is 6.94. The van der Waals surface area contributed by atoms with E-state index in [2.05, 4.69) is 48.7 Å². The standard InChI is InChI=1S/C22H35FN3OP/c1-6-9-20(18-12-14-19(23)15-13-18)24-28(27)25(16(2)3)21-10-7-8-11-22(21)26(28)17(4)5/h6,12-17,20-22H,1,7-11H2,2-5H3,(H,24,27)/t20-,21-,22-/m1/s1. The molecule has 4 nitrogen and oxygen atoms in total. The molecule has 0 aromatic heterocycles. The van der Waals surface area contributed by atoms with Crippen LogP contribution in [0.2, 0.25) is 0 Å². The van der Waals surface area contributed by atoms with Crippen molar-refractivity contribution < 1.29 is 9.28 Å². The zero-order chi connectivity index (χ0) is 20.5. The van der Waals surface area contributed by atoms with Gasteiger partial charge in [0.1, 0.15) is 5.82 Å². The van der Waals surface area contributed by atoms with Crippen molar-refractivity contribution in [1.82, 2.24) is 14.4 Å². The van der Waals surface area contributed by atoms with Crippen LogP contribution < -0.4 is 9.98 Å². The number of nitrogens with one attached hydrogen (secondary N) is 1. The van der Waals surface area contributed by atoms with Gasteiger partial charge in [0.15, 0.2) is 7.94 Å². The van der Waals surface area contributed by atoms with Gasteiger partial charge in [0.05, 0.1) is 18.1 Å². The van der Waals surface area contributed by atoms with E-state index in [9.17, 15) is 9.28 Å². The summed E-state index contributed by atoms with van der Waals surface area (Å²) in [6.45, 7) is 12.5. The molecule has 1 heterocycles. The molecule has 1 saturated carbocycles. The molecule has 1 saturated heterocycles. The lowest BCUT2D eigenvalue weighted by molar-refractivity contribution is -0.198. The molecule has 6 heteroatoms. The first kappa shape index (κ1) is 21.9. The fraction of sp³-hybridized carbons (Fsp3) is 0.636. The molecule has 3 rings (SSSR count). The van der Waals surface area contributed by atoms with Crippen LogP contribution in [0.15, 0.2) is 36.9 Å². The molecule has 0 bridgehead atoms. The van der Waals surface area contributed by atoms with E-state index in [1.54, 1.807) is 12.1 Å². The average molecular weight is 408 g/mol. The Labute approximate surface area is 170 Å². The molecule has 1 aliphatic carbocycles. The van der Waals surface area contributed by atoms with Crippen molar-refractivity contribution in [3.05, 3.63) is 48.3 Å². The zero-order valence-corrected chi connectivity index (χ0v) is 18.5. The summed E-state index contributed by atoms with van der Waals surface area (Å²) in [5.41, 5.74) is 0.943. The highest BCUT2D eigenvalue weighted by atomic mass is 31.2. The molecule has 1 aromatic rings. The van der Waals surface area contributed by atoms with Crippen LogP contribution in [0.1, 0.15) is 71.4 Å². The van der Waals surface area contributed by atoms with Gasteiger partial charge in [0, 0.05) is 12.1 Å². The van der Waals surface area contributed by atoms with E-state index >= 15 is 0 Å². The summed E-state index contributed by atoms with van der Waals surface area (Å²) < 4.78 is 18.0. The maximum Gasteiger partial charge on any atom is 0.184 e. The third-order valence-electron chi connectivity index (χ3n) is 6.06. The second-order valence-electron chi connectivity index (χ2n) is 8.67. The Morgan fingerprint density at radius 2 is 1.61 bits per heavy atom. The predicted molar refractivity (Wildman–Crippen MR) is 114 cm³/mol. The molecule has 0 radical (unpaired) electrons. The van der Waals surface area contributed by atoms with E-state index in [4.69, 9.17) is 0 Å². The number of benzene rings is 1. The van der Waals surface area contributed by atoms with Crippen LogP contribution in [-0.2, 0) is 0 Å². The molecule has 0 spiro atoms. The number of rotatable bonds is 7. The molecule has 2 fully saturated rings. The van der Waals surface area contributed by atoms with Crippen molar-refractivity contribution in [1.29, 1.82) is 0 Å². The van der Waals surface area contributed by atoms with Crippen molar-refractivity contribution in [3.63, 3.8) is 0 Å².